The average molecular weight is 300 g/mol. The molecular weight excluding hydrogens is 280 g/mol. The Morgan fingerprint density at radius 1 is 1.48 bits per heavy atom. The highest BCUT2D eigenvalue weighted by molar-refractivity contribution is 5.88. The number of carboxylic acid groups (broad SMARTS) is 1. The van der Waals surface area contributed by atoms with Gasteiger partial charge in [0.25, 0.3) is 5.91 Å². The zero-order chi connectivity index (χ0) is 16.1. The quantitative estimate of drug-likeness (QED) is 0.224. The number of hydrogen-bond acceptors (Lipinski definition) is 8. The smallest absolute Gasteiger partial charge is 0.320 e. The van der Waals surface area contributed by atoms with Crippen LogP contribution >= 0.6 is 0 Å². The van der Waals surface area contributed by atoms with Gasteiger partial charge in [0, 0.05) is 12.8 Å². The molecule has 0 fully saturated rings. The molecule has 118 valence electrons. The lowest BCUT2D eigenvalue weighted by atomic mass is 10.1. The second-order valence-corrected chi connectivity index (χ2v) is 3.96. The summed E-state index contributed by atoms with van der Waals surface area (Å²) in [5.41, 5.74) is 10.0. The van der Waals surface area contributed by atoms with Crippen LogP contribution in [-0.2, 0) is 4.79 Å². The summed E-state index contributed by atoms with van der Waals surface area (Å²) in [5, 5.41) is 29.8. The lowest BCUT2D eigenvalue weighted by Crippen LogP contribution is -2.30. The Bertz CT molecular complexity index is 422. The highest BCUT2D eigenvalue weighted by atomic mass is 16.4. The van der Waals surface area contributed by atoms with E-state index in [0.717, 1.165) is 19.4 Å². The first-order chi connectivity index (χ1) is 9.99. The molecule has 11 heteroatoms. The second kappa shape index (κ2) is 11.4. The van der Waals surface area contributed by atoms with Crippen LogP contribution in [0.3, 0.4) is 0 Å². The Morgan fingerprint density at radius 3 is 2.62 bits per heavy atom. The van der Waals surface area contributed by atoms with Gasteiger partial charge in [0.15, 0.2) is 0 Å². The van der Waals surface area contributed by atoms with Gasteiger partial charge in [0.1, 0.15) is 6.04 Å². The Morgan fingerprint density at radius 2 is 2.19 bits per heavy atom. The number of tetrazole rings is 1. The number of carbonyl (C=O) groups is 2. The van der Waals surface area contributed by atoms with Crippen molar-refractivity contribution in [3.05, 3.63) is 5.82 Å². The summed E-state index contributed by atoms with van der Waals surface area (Å²) >= 11 is 0. The van der Waals surface area contributed by atoms with Gasteiger partial charge in [-0.05, 0) is 29.8 Å². The molecule has 0 bridgehead atoms. The molecular formula is C10H20N8O3. The molecule has 1 rings (SSSR count). The summed E-state index contributed by atoms with van der Waals surface area (Å²) < 4.78 is 0. The molecule has 0 saturated carbocycles. The first kappa shape index (κ1) is 18.6. The number of hydrogen-bond donors (Lipinski definition) is 6. The van der Waals surface area contributed by atoms with Gasteiger partial charge in [-0.2, -0.15) is 0 Å². The van der Waals surface area contributed by atoms with Crippen molar-refractivity contribution >= 4 is 18.1 Å². The number of aromatic amines is 1. The van der Waals surface area contributed by atoms with E-state index in [4.69, 9.17) is 22.0 Å². The second-order valence-electron chi connectivity index (χ2n) is 3.96. The number of nitrogens with two attached hydrogens (primary N) is 2. The molecule has 8 N–H and O–H groups in total. The summed E-state index contributed by atoms with van der Waals surface area (Å²) in [5.74, 6) is -1.62. The predicted molar refractivity (Wildman–Crippen MR) is 73.8 cm³/mol. The first-order valence-corrected chi connectivity index (χ1v) is 6.20. The van der Waals surface area contributed by atoms with Crippen LogP contribution in [0.4, 0.5) is 0 Å². The van der Waals surface area contributed by atoms with Gasteiger partial charge in [-0.3, -0.25) is 9.59 Å². The fourth-order valence-corrected chi connectivity index (χ4v) is 1.18. The van der Waals surface area contributed by atoms with Crippen molar-refractivity contribution in [1.82, 2.24) is 25.9 Å². The van der Waals surface area contributed by atoms with E-state index in [1.54, 1.807) is 0 Å². The van der Waals surface area contributed by atoms with Crippen molar-refractivity contribution in [2.24, 2.45) is 11.5 Å². The minimum absolute atomic E-state index is 0.0231. The minimum atomic E-state index is -0.938. The van der Waals surface area contributed by atoms with E-state index >= 15 is 0 Å². The van der Waals surface area contributed by atoms with Crippen LogP contribution in [0.1, 0.15) is 29.9 Å². The van der Waals surface area contributed by atoms with Gasteiger partial charge in [0.05, 0.1) is 0 Å². The molecule has 1 heterocycles. The van der Waals surface area contributed by atoms with Crippen LogP contribution in [0.2, 0.25) is 0 Å². The van der Waals surface area contributed by atoms with E-state index in [0.29, 0.717) is 13.0 Å². The summed E-state index contributed by atoms with van der Waals surface area (Å²) in [6.45, 7) is 1.38. The third-order valence-electron chi connectivity index (χ3n) is 2.26. The molecule has 0 aliphatic heterocycles. The van der Waals surface area contributed by atoms with Crippen molar-refractivity contribution in [2.75, 3.05) is 13.1 Å². The average Bonchev–Trinajstić information content (AvgIpc) is 2.97. The maximum Gasteiger partial charge on any atom is 0.320 e. The highest BCUT2D eigenvalue weighted by Crippen LogP contribution is 1.97. The van der Waals surface area contributed by atoms with E-state index in [-0.39, 0.29) is 5.82 Å². The Kier molecular flexibility index (Phi) is 10.1. The first-order valence-electron chi connectivity index (χ1n) is 6.20. The monoisotopic (exact) mass is 300 g/mol. The Labute approximate surface area is 121 Å². The molecule has 0 spiro atoms. The molecule has 0 saturated heterocycles. The maximum absolute atomic E-state index is 10.3. The number of unbranched alkanes of at least 4 members (excludes halogenated alkanes) is 1. The molecule has 0 unspecified atom stereocenters. The molecule has 1 atom stereocenters. The van der Waals surface area contributed by atoms with Gasteiger partial charge < -0.3 is 27.3 Å². The molecule has 1 amide bonds. The lowest BCUT2D eigenvalue weighted by molar-refractivity contribution is -0.138. The van der Waals surface area contributed by atoms with Crippen molar-refractivity contribution < 1.29 is 14.7 Å². The van der Waals surface area contributed by atoms with Gasteiger partial charge in [-0.15, -0.1) is 5.10 Å². The number of carbonyl (C=O) groups excluding carboxylic acids is 1. The van der Waals surface area contributed by atoms with E-state index in [2.05, 4.69) is 25.9 Å². The third kappa shape index (κ3) is 10.1. The number of H-pyrrole nitrogens is 1. The Hall–Kier alpha value is -2.40. The zero-order valence-corrected chi connectivity index (χ0v) is 11.5. The van der Waals surface area contributed by atoms with Crippen LogP contribution < -0.4 is 16.8 Å². The van der Waals surface area contributed by atoms with Crippen molar-refractivity contribution in [3.63, 3.8) is 0 Å². The van der Waals surface area contributed by atoms with Crippen LogP contribution in [0, 0.1) is 5.41 Å². The molecule has 0 radical (unpaired) electrons. The van der Waals surface area contributed by atoms with Crippen LogP contribution in [0.5, 0.6) is 0 Å². The van der Waals surface area contributed by atoms with E-state index < -0.39 is 17.9 Å². The zero-order valence-electron chi connectivity index (χ0n) is 11.5. The molecule has 1 aromatic rings. The highest BCUT2D eigenvalue weighted by Gasteiger charge is 2.09. The van der Waals surface area contributed by atoms with Gasteiger partial charge in [-0.25, -0.2) is 5.10 Å². The van der Waals surface area contributed by atoms with Gasteiger partial charge in [-0.1, -0.05) is 6.42 Å². The van der Waals surface area contributed by atoms with Crippen LogP contribution in [0.25, 0.3) is 0 Å². The van der Waals surface area contributed by atoms with Crippen molar-refractivity contribution in [2.45, 2.75) is 25.3 Å². The molecule has 11 nitrogen and oxygen atoms in total. The molecule has 1 aromatic heterocycles. The number of nitrogens with zero attached hydrogens (tertiary/aromatic N) is 3. The van der Waals surface area contributed by atoms with Gasteiger partial charge >= 0.3 is 5.97 Å². The fourth-order valence-electron chi connectivity index (χ4n) is 1.18. The minimum Gasteiger partial charge on any atom is -0.480 e. The van der Waals surface area contributed by atoms with E-state index in [9.17, 15) is 9.59 Å². The van der Waals surface area contributed by atoms with Crippen molar-refractivity contribution in [1.29, 1.82) is 5.41 Å². The summed E-state index contributed by atoms with van der Waals surface area (Å²) in [7, 11) is 0. The number of nitrogens with one attached hydrogen (secondary N) is 3. The summed E-state index contributed by atoms with van der Waals surface area (Å²) in [4.78, 5) is 20.4. The van der Waals surface area contributed by atoms with Gasteiger partial charge in [0.2, 0.25) is 5.82 Å². The molecule has 21 heavy (non-hydrogen) atoms. The summed E-state index contributed by atoms with van der Waals surface area (Å²) in [6, 6.07) is -0.734. The number of carboxylic acids is 1. The van der Waals surface area contributed by atoms with E-state index in [1.165, 1.54) is 6.21 Å². The molecule has 0 aliphatic carbocycles. The number of aliphatic carboxylic acids is 1. The van der Waals surface area contributed by atoms with Crippen LogP contribution in [0.15, 0.2) is 0 Å². The maximum atomic E-state index is 10.3. The SMILES string of the molecule is N=CCNCCCC[C@H](N)C(=O)O.NC(=O)c1nnn[nH]1. The topological polar surface area (TPSA) is 197 Å². The third-order valence-corrected chi connectivity index (χ3v) is 2.26. The summed E-state index contributed by atoms with van der Waals surface area (Å²) in [6.07, 6.45) is 3.51. The number of aromatic nitrogens is 4. The normalized spacial score (nSPS) is 11.1. The van der Waals surface area contributed by atoms with E-state index in [1.807, 2.05) is 0 Å². The number of primary amides is 1. The van der Waals surface area contributed by atoms with Crippen molar-refractivity contribution in [3.8, 4) is 0 Å². The van der Waals surface area contributed by atoms with Crippen LogP contribution in [-0.4, -0.2) is 63.0 Å². The Balaban J connectivity index is 0.000000423. The molecule has 0 aliphatic rings. The number of rotatable bonds is 9. The standard InChI is InChI=1S/C8H17N3O2.C2H3N5O/c9-4-6-11-5-2-1-3-7(10)8(12)13;3-1(8)2-4-6-7-5-2/h4,7,9,11H,1-3,5-6,10H2,(H,12,13);(H2,3,8)(H,4,5,6,7)/t7-;/m0./s1. The molecule has 0 aromatic carbocycles. The number of amides is 1. The lowest BCUT2D eigenvalue weighted by Gasteiger charge is -2.05. The fraction of sp³-hybridized carbons (Fsp3) is 0.600. The largest absolute Gasteiger partial charge is 0.480 e. The predicted octanol–water partition coefficient (Wildman–Crippen LogP) is -1.89.